The van der Waals surface area contributed by atoms with Crippen molar-refractivity contribution in [1.82, 2.24) is 15.0 Å². The first-order chi connectivity index (χ1) is 7.29. The van der Waals surface area contributed by atoms with Gasteiger partial charge in [-0.3, -0.25) is 0 Å². The van der Waals surface area contributed by atoms with E-state index in [4.69, 9.17) is 1.37 Å². The first-order valence-electron chi connectivity index (χ1n) is 5.20. The number of benzene rings is 1. The fourth-order valence-electron chi connectivity index (χ4n) is 1.51. The average Bonchev–Trinajstić information content (AvgIpc) is 2.72. The topological polar surface area (TPSA) is 30.7 Å². The summed E-state index contributed by atoms with van der Waals surface area (Å²) in [5, 5.41) is 7.74. The number of rotatable bonds is 3. The van der Waals surface area contributed by atoms with Gasteiger partial charge in [-0.15, -0.1) is 5.10 Å². The van der Waals surface area contributed by atoms with Gasteiger partial charge in [-0.1, -0.05) is 42.5 Å². The van der Waals surface area contributed by atoms with Crippen LogP contribution in [-0.2, 0) is 0 Å². The van der Waals surface area contributed by atoms with Crippen molar-refractivity contribution in [2.45, 2.75) is 19.4 Å². The van der Waals surface area contributed by atoms with E-state index in [1.165, 1.54) is 0 Å². The van der Waals surface area contributed by atoms with E-state index in [-0.39, 0.29) is 12.4 Å². The minimum Gasteiger partial charge on any atom is -0.245 e. The van der Waals surface area contributed by atoms with Crippen molar-refractivity contribution in [3.63, 3.8) is 0 Å². The molecule has 2 atom stereocenters. The number of hydrogen-bond donors (Lipinski definition) is 0. The Labute approximate surface area is 84.8 Å². The smallest absolute Gasteiger partial charge is 0.0783 e. The zero-order valence-corrected chi connectivity index (χ0v) is 8.04. The fourth-order valence-corrected chi connectivity index (χ4v) is 1.51. The maximum Gasteiger partial charge on any atom is 0.0783 e. The average molecular weight is 188 g/mol. The molecular formula is C11H13N3. The number of aromatic nitrogens is 3. The predicted molar refractivity (Wildman–Crippen MR) is 54.9 cm³/mol. The summed E-state index contributed by atoms with van der Waals surface area (Å²) in [6, 6.07) is 9.88. The Bertz CT molecular complexity index is 397. The van der Waals surface area contributed by atoms with E-state index in [0.29, 0.717) is 0 Å². The molecule has 1 aromatic carbocycles. The van der Waals surface area contributed by atoms with Crippen molar-refractivity contribution >= 4 is 0 Å². The molecule has 0 aliphatic rings. The summed E-state index contributed by atoms with van der Waals surface area (Å²) in [7, 11) is 0. The third kappa shape index (κ3) is 1.66. The fraction of sp³-hybridized carbons (Fsp3) is 0.273. The summed E-state index contributed by atoms with van der Waals surface area (Å²) in [5.74, 6) is 0. The van der Waals surface area contributed by atoms with Crippen LogP contribution in [0.2, 0.25) is 0 Å². The van der Waals surface area contributed by atoms with Crippen molar-refractivity contribution in [2.75, 3.05) is 0 Å². The first-order valence-corrected chi connectivity index (χ1v) is 4.62. The minimum absolute atomic E-state index is 0.0614. The third-order valence-corrected chi connectivity index (χ3v) is 2.18. The Kier molecular flexibility index (Phi) is 2.24. The van der Waals surface area contributed by atoms with E-state index in [0.717, 1.165) is 5.56 Å². The van der Waals surface area contributed by atoms with E-state index in [1.807, 2.05) is 37.3 Å². The van der Waals surface area contributed by atoms with Gasteiger partial charge in [0.1, 0.15) is 0 Å². The van der Waals surface area contributed by atoms with Crippen LogP contribution in [0.3, 0.4) is 0 Å². The van der Waals surface area contributed by atoms with Gasteiger partial charge in [0.05, 0.1) is 12.2 Å². The van der Waals surface area contributed by atoms with Gasteiger partial charge in [0.2, 0.25) is 0 Å². The molecule has 1 unspecified atom stereocenters. The molecule has 0 saturated heterocycles. The molecule has 2 aromatic rings. The SMILES string of the molecule is [2H]C(C)[C@@H](c1ccccc1)n1ccnn1. The number of nitrogens with zero attached hydrogens (tertiary/aromatic N) is 3. The van der Waals surface area contributed by atoms with Crippen LogP contribution in [0, 0.1) is 0 Å². The summed E-state index contributed by atoms with van der Waals surface area (Å²) < 4.78 is 9.59. The van der Waals surface area contributed by atoms with Crippen molar-refractivity contribution in [3.8, 4) is 0 Å². The molecule has 14 heavy (non-hydrogen) atoms. The zero-order chi connectivity index (χ0) is 10.7. The Morgan fingerprint density at radius 2 is 2.21 bits per heavy atom. The summed E-state index contributed by atoms with van der Waals surface area (Å²) in [4.78, 5) is 0. The van der Waals surface area contributed by atoms with Crippen LogP contribution in [0.1, 0.15) is 26.3 Å². The highest BCUT2D eigenvalue weighted by Gasteiger charge is 2.10. The van der Waals surface area contributed by atoms with Crippen LogP contribution in [0.15, 0.2) is 42.7 Å². The van der Waals surface area contributed by atoms with E-state index < -0.39 is 0 Å². The quantitative estimate of drug-likeness (QED) is 0.739. The van der Waals surface area contributed by atoms with E-state index in [1.54, 1.807) is 17.1 Å². The monoisotopic (exact) mass is 188 g/mol. The second-order valence-electron chi connectivity index (χ2n) is 3.07. The Hall–Kier alpha value is -1.64. The lowest BCUT2D eigenvalue weighted by Gasteiger charge is -2.14. The minimum atomic E-state index is -0.255. The Morgan fingerprint density at radius 3 is 2.79 bits per heavy atom. The Balaban J connectivity index is 2.37. The molecule has 0 aliphatic heterocycles. The maximum absolute atomic E-state index is 7.86. The van der Waals surface area contributed by atoms with Crippen LogP contribution in [0.5, 0.6) is 0 Å². The second kappa shape index (κ2) is 4.05. The lowest BCUT2D eigenvalue weighted by atomic mass is 10.1. The van der Waals surface area contributed by atoms with E-state index in [9.17, 15) is 0 Å². The van der Waals surface area contributed by atoms with Crippen LogP contribution in [0.25, 0.3) is 0 Å². The molecule has 1 aromatic heterocycles. The predicted octanol–water partition coefficient (Wildman–Crippen LogP) is 2.28. The van der Waals surface area contributed by atoms with Gasteiger partial charge >= 0.3 is 0 Å². The zero-order valence-electron chi connectivity index (χ0n) is 9.04. The summed E-state index contributed by atoms with van der Waals surface area (Å²) in [6.07, 6.45) is 3.18. The van der Waals surface area contributed by atoms with Gasteiger partial charge in [0.25, 0.3) is 0 Å². The van der Waals surface area contributed by atoms with Gasteiger partial charge in [0, 0.05) is 7.57 Å². The van der Waals surface area contributed by atoms with Gasteiger partial charge in [0.15, 0.2) is 0 Å². The highest BCUT2D eigenvalue weighted by molar-refractivity contribution is 5.19. The molecule has 0 fully saturated rings. The van der Waals surface area contributed by atoms with Gasteiger partial charge in [-0.2, -0.15) is 0 Å². The molecule has 0 radical (unpaired) electrons. The van der Waals surface area contributed by atoms with Crippen LogP contribution in [-0.4, -0.2) is 15.0 Å². The van der Waals surface area contributed by atoms with Crippen molar-refractivity contribution in [2.24, 2.45) is 0 Å². The molecule has 0 N–H and O–H groups in total. The van der Waals surface area contributed by atoms with Gasteiger partial charge < -0.3 is 0 Å². The van der Waals surface area contributed by atoms with Crippen molar-refractivity contribution in [3.05, 3.63) is 48.3 Å². The van der Waals surface area contributed by atoms with Crippen LogP contribution in [0.4, 0.5) is 0 Å². The molecule has 3 nitrogen and oxygen atoms in total. The summed E-state index contributed by atoms with van der Waals surface area (Å²) >= 11 is 0. The summed E-state index contributed by atoms with van der Waals surface area (Å²) in [5.41, 5.74) is 1.09. The molecule has 1 heterocycles. The standard InChI is InChI=1S/C11H13N3/c1-2-11(14-9-8-12-13-14)10-6-4-3-5-7-10/h3-9,11H,2H2,1H3/t11-/m0/s1/i2D/t2?,11-. The highest BCUT2D eigenvalue weighted by Crippen LogP contribution is 2.19. The lowest BCUT2D eigenvalue weighted by Crippen LogP contribution is -2.10. The maximum atomic E-state index is 7.86. The molecular weight excluding hydrogens is 174 g/mol. The lowest BCUT2D eigenvalue weighted by molar-refractivity contribution is 0.493. The molecule has 0 spiro atoms. The van der Waals surface area contributed by atoms with Crippen LogP contribution >= 0.6 is 0 Å². The molecule has 2 rings (SSSR count). The molecule has 0 saturated carbocycles. The van der Waals surface area contributed by atoms with Crippen molar-refractivity contribution < 1.29 is 1.37 Å². The second-order valence-corrected chi connectivity index (χ2v) is 3.07. The normalized spacial score (nSPS) is 15.9. The third-order valence-electron chi connectivity index (χ3n) is 2.18. The molecule has 0 aliphatic carbocycles. The van der Waals surface area contributed by atoms with Gasteiger partial charge in [-0.25, -0.2) is 4.68 Å². The molecule has 72 valence electrons. The van der Waals surface area contributed by atoms with Crippen LogP contribution < -0.4 is 0 Å². The molecule has 3 heteroatoms. The molecule has 0 amide bonds. The number of hydrogen-bond acceptors (Lipinski definition) is 2. The molecule has 0 bridgehead atoms. The van der Waals surface area contributed by atoms with Crippen molar-refractivity contribution in [1.29, 1.82) is 0 Å². The van der Waals surface area contributed by atoms with E-state index >= 15 is 0 Å². The van der Waals surface area contributed by atoms with Gasteiger partial charge in [-0.05, 0) is 12.0 Å². The first kappa shape index (κ1) is 7.74. The summed E-state index contributed by atoms with van der Waals surface area (Å²) in [6.45, 7) is 1.86. The largest absolute Gasteiger partial charge is 0.245 e. The van der Waals surface area contributed by atoms with E-state index in [2.05, 4.69) is 10.3 Å². The Morgan fingerprint density at radius 1 is 1.43 bits per heavy atom. The highest BCUT2D eigenvalue weighted by atomic mass is 15.4.